The maximum absolute atomic E-state index is 13.7. The van der Waals surface area contributed by atoms with E-state index in [-0.39, 0.29) is 29.3 Å². The van der Waals surface area contributed by atoms with Gasteiger partial charge in [0.25, 0.3) is 0 Å². The number of nitrogens with zero attached hydrogens (tertiary/aromatic N) is 2. The monoisotopic (exact) mass is 443 g/mol. The lowest BCUT2D eigenvalue weighted by Gasteiger charge is -2.30. The van der Waals surface area contributed by atoms with Gasteiger partial charge in [-0.1, -0.05) is 0 Å². The molecule has 0 aliphatic carbocycles. The van der Waals surface area contributed by atoms with Crippen LogP contribution >= 0.6 is 0 Å². The number of halogens is 5. The molecule has 0 spiro atoms. The van der Waals surface area contributed by atoms with Gasteiger partial charge >= 0.3 is 6.55 Å². The number of carbonyl (C=O) groups excluding carboxylic acids is 1. The Hall–Kier alpha value is -1.79. The van der Waals surface area contributed by atoms with Crippen LogP contribution in [0.4, 0.5) is 22.0 Å². The van der Waals surface area contributed by atoms with Crippen LogP contribution in [0.2, 0.25) is 0 Å². The molecule has 29 heavy (non-hydrogen) atoms. The van der Waals surface area contributed by atoms with E-state index < -0.39 is 58.6 Å². The summed E-state index contributed by atoms with van der Waals surface area (Å²) in [7, 11) is -4.16. The van der Waals surface area contributed by atoms with Gasteiger partial charge in [-0.3, -0.25) is 4.79 Å². The summed E-state index contributed by atoms with van der Waals surface area (Å²) in [5, 5.41) is 0. The van der Waals surface area contributed by atoms with E-state index in [0.717, 1.165) is 0 Å². The van der Waals surface area contributed by atoms with Crippen molar-refractivity contribution in [2.24, 2.45) is 5.73 Å². The van der Waals surface area contributed by atoms with Crippen molar-refractivity contribution in [3.05, 3.63) is 35.1 Å². The second kappa shape index (κ2) is 9.35. The normalized spacial score (nSPS) is 18.7. The largest absolute Gasteiger partial charge is 0.338 e. The molecule has 1 unspecified atom stereocenters. The fourth-order valence-corrected chi connectivity index (χ4v) is 4.07. The van der Waals surface area contributed by atoms with Gasteiger partial charge in [0.05, 0.1) is 6.26 Å². The summed E-state index contributed by atoms with van der Waals surface area (Å²) in [6.45, 7) is -3.53. The van der Waals surface area contributed by atoms with E-state index >= 15 is 0 Å². The van der Waals surface area contributed by atoms with E-state index in [4.69, 9.17) is 5.73 Å². The molecule has 0 saturated carbocycles. The number of nitrogens with two attached hydrogens (primary N) is 1. The highest BCUT2D eigenvalue weighted by atomic mass is 32.2. The Bertz CT molecular complexity index is 853. The Morgan fingerprint density at radius 1 is 1.24 bits per heavy atom. The average molecular weight is 443 g/mol. The molecule has 1 aromatic rings. The van der Waals surface area contributed by atoms with E-state index in [2.05, 4.69) is 0 Å². The molecule has 1 fully saturated rings. The lowest BCUT2D eigenvalue weighted by atomic mass is 10.0. The van der Waals surface area contributed by atoms with Gasteiger partial charge in [0.15, 0.2) is 11.6 Å². The molecular formula is C17H22F5N3O3S. The maximum atomic E-state index is 13.7. The van der Waals surface area contributed by atoms with Crippen LogP contribution in [0.25, 0.3) is 0 Å². The average Bonchev–Trinajstić information content (AvgIpc) is 3.04. The summed E-state index contributed by atoms with van der Waals surface area (Å²) in [5.41, 5.74) is 5.65. The predicted octanol–water partition coefficient (Wildman–Crippen LogP) is 1.84. The van der Waals surface area contributed by atoms with Crippen LogP contribution in [0.3, 0.4) is 0 Å². The smallest absolute Gasteiger partial charge is 0.307 e. The number of carbonyl (C=O) groups is 1. The van der Waals surface area contributed by atoms with Crippen LogP contribution in [0.1, 0.15) is 24.8 Å². The molecule has 0 bridgehead atoms. The highest BCUT2D eigenvalue weighted by Crippen LogP contribution is 2.23. The van der Waals surface area contributed by atoms with Crippen LogP contribution in [0.5, 0.6) is 0 Å². The summed E-state index contributed by atoms with van der Waals surface area (Å²) in [4.78, 5) is 13.8. The highest BCUT2D eigenvalue weighted by Gasteiger charge is 2.36. The number of benzene rings is 1. The number of hydrogen-bond acceptors (Lipinski definition) is 4. The maximum Gasteiger partial charge on any atom is 0.307 e. The Morgan fingerprint density at radius 3 is 2.45 bits per heavy atom. The molecule has 1 aliphatic rings. The second-order valence-electron chi connectivity index (χ2n) is 7.02. The van der Waals surface area contributed by atoms with Crippen molar-refractivity contribution < 1.29 is 35.2 Å². The van der Waals surface area contributed by atoms with E-state index in [9.17, 15) is 35.2 Å². The number of sulfonamides is 1. The highest BCUT2D eigenvalue weighted by molar-refractivity contribution is 7.88. The summed E-state index contributed by atoms with van der Waals surface area (Å²) in [6.07, 6.45) is 0.983. The Morgan fingerprint density at radius 2 is 1.86 bits per heavy atom. The van der Waals surface area contributed by atoms with E-state index in [1.54, 1.807) is 0 Å². The van der Waals surface area contributed by atoms with Crippen molar-refractivity contribution in [2.75, 3.05) is 19.3 Å². The summed E-state index contributed by atoms with van der Waals surface area (Å²) in [5.74, 6) is -4.09. The zero-order valence-electron chi connectivity index (χ0n) is 15.6. The van der Waals surface area contributed by atoms with Crippen molar-refractivity contribution in [3.63, 3.8) is 0 Å². The molecule has 0 radical (unpaired) electrons. The van der Waals surface area contributed by atoms with E-state index in [0.29, 0.717) is 31.2 Å². The summed E-state index contributed by atoms with van der Waals surface area (Å²) in [6, 6.07) is -0.609. The predicted molar refractivity (Wildman–Crippen MR) is 94.9 cm³/mol. The number of likely N-dealkylation sites (tertiary alicyclic amines) is 1. The lowest BCUT2D eigenvalue weighted by molar-refractivity contribution is -0.133. The number of hydrogen-bond donors (Lipinski definition) is 1. The fraction of sp³-hybridized carbons (Fsp3) is 0.588. The SMILES string of the molecule is CS(=O)(=O)N(CC1CCCN1C(=O)C[C@H](N)Cc1cc(F)c(F)cc1F)C(F)F. The fourth-order valence-electron chi connectivity index (χ4n) is 3.34. The number of amides is 1. The lowest BCUT2D eigenvalue weighted by Crippen LogP contribution is -2.47. The Balaban J connectivity index is 2.02. The van der Waals surface area contributed by atoms with Gasteiger partial charge in [-0.15, -0.1) is 4.31 Å². The molecule has 2 atom stereocenters. The topological polar surface area (TPSA) is 83.7 Å². The summed E-state index contributed by atoms with van der Waals surface area (Å²) < 4.78 is 89.2. The molecule has 1 amide bonds. The molecule has 1 aromatic carbocycles. The van der Waals surface area contributed by atoms with Crippen molar-refractivity contribution in [2.45, 2.75) is 44.3 Å². The molecule has 2 rings (SSSR count). The van der Waals surface area contributed by atoms with Gasteiger partial charge in [-0.25, -0.2) is 21.6 Å². The van der Waals surface area contributed by atoms with Crippen molar-refractivity contribution in [3.8, 4) is 0 Å². The van der Waals surface area contributed by atoms with Crippen LogP contribution in [0, 0.1) is 17.5 Å². The van der Waals surface area contributed by atoms with Crippen molar-refractivity contribution >= 4 is 15.9 Å². The second-order valence-corrected chi connectivity index (χ2v) is 8.95. The third-order valence-corrected chi connectivity index (χ3v) is 5.90. The van der Waals surface area contributed by atoms with E-state index in [1.807, 2.05) is 0 Å². The quantitative estimate of drug-likeness (QED) is 0.378. The molecule has 1 aliphatic heterocycles. The summed E-state index contributed by atoms with van der Waals surface area (Å²) >= 11 is 0. The van der Waals surface area contributed by atoms with Gasteiger partial charge in [-0.05, 0) is 30.9 Å². The van der Waals surface area contributed by atoms with Gasteiger partial charge < -0.3 is 10.6 Å². The Kier molecular flexibility index (Phi) is 7.57. The van der Waals surface area contributed by atoms with Gasteiger partial charge in [0.1, 0.15) is 5.82 Å². The number of alkyl halides is 2. The third kappa shape index (κ3) is 6.09. The molecule has 2 N–H and O–H groups in total. The molecular weight excluding hydrogens is 421 g/mol. The Labute approximate surface area is 165 Å². The third-order valence-electron chi connectivity index (χ3n) is 4.74. The van der Waals surface area contributed by atoms with E-state index in [1.165, 1.54) is 4.90 Å². The molecule has 12 heteroatoms. The van der Waals surface area contributed by atoms with Gasteiger partial charge in [0, 0.05) is 37.7 Å². The van der Waals surface area contributed by atoms with Gasteiger partial charge in [0.2, 0.25) is 15.9 Å². The molecule has 164 valence electrons. The van der Waals surface area contributed by atoms with Crippen LogP contribution in [0.15, 0.2) is 12.1 Å². The molecule has 1 heterocycles. The van der Waals surface area contributed by atoms with Crippen LogP contribution < -0.4 is 5.73 Å². The molecule has 6 nitrogen and oxygen atoms in total. The first-order valence-electron chi connectivity index (χ1n) is 8.83. The minimum absolute atomic E-state index is 0.0276. The van der Waals surface area contributed by atoms with Crippen molar-refractivity contribution in [1.29, 1.82) is 0 Å². The zero-order valence-corrected chi connectivity index (χ0v) is 16.4. The molecule has 0 aromatic heterocycles. The van der Waals surface area contributed by atoms with Crippen LogP contribution in [-0.2, 0) is 21.2 Å². The first-order chi connectivity index (χ1) is 13.4. The minimum atomic E-state index is -4.16. The number of rotatable bonds is 8. The molecule has 1 saturated heterocycles. The standard InChI is InChI=1S/C17H22F5N3O3S/c1-29(27,28)25(17(21)22)9-12-3-2-4-24(12)16(26)7-11(23)5-10-6-14(19)15(20)8-13(10)18/h6,8,11-12,17H,2-5,7,9,23H2,1H3/t11-,12?/m1/s1. The van der Waals surface area contributed by atoms with Gasteiger partial charge in [-0.2, -0.15) is 8.78 Å². The first-order valence-corrected chi connectivity index (χ1v) is 10.7. The minimum Gasteiger partial charge on any atom is -0.338 e. The zero-order chi connectivity index (χ0) is 21.9. The first kappa shape index (κ1) is 23.5. The van der Waals surface area contributed by atoms with Crippen LogP contribution in [-0.4, -0.2) is 61.5 Å². The van der Waals surface area contributed by atoms with Crippen molar-refractivity contribution in [1.82, 2.24) is 9.21 Å².